The van der Waals surface area contributed by atoms with E-state index in [1.165, 1.54) is 29.8 Å². The van der Waals surface area contributed by atoms with Crippen molar-refractivity contribution < 1.29 is 23.2 Å². The first-order chi connectivity index (χ1) is 13.6. The molecule has 0 spiro atoms. The molecule has 4 rings (SSSR count). The van der Waals surface area contributed by atoms with Gasteiger partial charge in [0.05, 0.1) is 18.1 Å². The number of rotatable bonds is 5. The van der Waals surface area contributed by atoms with Gasteiger partial charge in [0.25, 0.3) is 5.91 Å². The summed E-state index contributed by atoms with van der Waals surface area (Å²) >= 11 is 5.88. The molecule has 9 heteroatoms. The van der Waals surface area contributed by atoms with Gasteiger partial charge in [0.15, 0.2) is 6.61 Å². The fraction of sp³-hybridized carbons (Fsp3) is 0.158. The van der Waals surface area contributed by atoms with E-state index in [1.807, 2.05) is 0 Å². The number of nitrogens with zero attached hydrogens (tertiary/aromatic N) is 3. The second-order valence-corrected chi connectivity index (χ2v) is 6.27. The van der Waals surface area contributed by atoms with Crippen molar-refractivity contribution in [2.24, 2.45) is 5.10 Å². The number of carbonyl (C=O) groups excluding carboxylic acids is 2. The Morgan fingerprint density at radius 3 is 2.71 bits per heavy atom. The van der Waals surface area contributed by atoms with Gasteiger partial charge in [0.1, 0.15) is 28.4 Å². The van der Waals surface area contributed by atoms with Crippen molar-refractivity contribution >= 4 is 29.2 Å². The predicted octanol–water partition coefficient (Wildman–Crippen LogP) is 3.46. The quantitative estimate of drug-likeness (QED) is 0.481. The molecule has 28 heavy (non-hydrogen) atoms. The number of amides is 1. The molecule has 1 aliphatic rings. The SMILES string of the molecule is O=C(OCC(=O)N1N=C(c2ccco2)CC1c1ccco1)c1cccnc1Cl. The van der Waals surface area contributed by atoms with Gasteiger partial charge in [0, 0.05) is 12.6 Å². The first-order valence-electron chi connectivity index (χ1n) is 8.38. The minimum absolute atomic E-state index is 0.00714. The zero-order valence-corrected chi connectivity index (χ0v) is 15.2. The van der Waals surface area contributed by atoms with Gasteiger partial charge in [-0.15, -0.1) is 0 Å². The molecule has 3 aromatic rings. The summed E-state index contributed by atoms with van der Waals surface area (Å²) in [5.74, 6) is -0.113. The molecule has 3 aromatic heterocycles. The third-order valence-electron chi connectivity index (χ3n) is 4.15. The van der Waals surface area contributed by atoms with Crippen LogP contribution in [0.2, 0.25) is 5.15 Å². The molecule has 0 N–H and O–H groups in total. The van der Waals surface area contributed by atoms with Crippen molar-refractivity contribution in [3.8, 4) is 0 Å². The molecule has 0 saturated heterocycles. The Morgan fingerprint density at radius 2 is 2.00 bits per heavy atom. The summed E-state index contributed by atoms with van der Waals surface area (Å²) in [4.78, 5) is 28.7. The van der Waals surface area contributed by atoms with Gasteiger partial charge in [-0.3, -0.25) is 4.79 Å². The summed E-state index contributed by atoms with van der Waals surface area (Å²) in [6.45, 7) is -0.504. The third kappa shape index (κ3) is 3.54. The van der Waals surface area contributed by atoms with E-state index in [-0.39, 0.29) is 10.7 Å². The highest BCUT2D eigenvalue weighted by molar-refractivity contribution is 6.32. The molecule has 0 aliphatic carbocycles. The number of hydrogen-bond acceptors (Lipinski definition) is 7. The van der Waals surface area contributed by atoms with Crippen LogP contribution in [-0.2, 0) is 9.53 Å². The first kappa shape index (κ1) is 18.0. The highest BCUT2D eigenvalue weighted by Gasteiger charge is 2.36. The van der Waals surface area contributed by atoms with Crippen LogP contribution >= 0.6 is 11.6 Å². The Labute approximate surface area is 164 Å². The van der Waals surface area contributed by atoms with Crippen LogP contribution in [0.4, 0.5) is 0 Å². The number of carbonyl (C=O) groups is 2. The van der Waals surface area contributed by atoms with Crippen molar-refractivity contribution in [3.63, 3.8) is 0 Å². The normalized spacial score (nSPS) is 16.1. The van der Waals surface area contributed by atoms with Crippen LogP contribution in [0.25, 0.3) is 0 Å². The van der Waals surface area contributed by atoms with Crippen LogP contribution in [0.3, 0.4) is 0 Å². The van der Waals surface area contributed by atoms with Crippen molar-refractivity contribution in [3.05, 3.63) is 77.4 Å². The molecular weight excluding hydrogens is 386 g/mol. The minimum atomic E-state index is -0.740. The third-order valence-corrected chi connectivity index (χ3v) is 4.45. The molecule has 1 amide bonds. The van der Waals surface area contributed by atoms with Gasteiger partial charge in [-0.05, 0) is 36.4 Å². The van der Waals surface area contributed by atoms with E-state index in [0.29, 0.717) is 23.7 Å². The lowest BCUT2D eigenvalue weighted by atomic mass is 10.1. The van der Waals surface area contributed by atoms with Crippen molar-refractivity contribution in [1.29, 1.82) is 0 Å². The second kappa shape index (κ2) is 7.69. The van der Waals surface area contributed by atoms with Gasteiger partial charge in [-0.25, -0.2) is 14.8 Å². The molecule has 1 unspecified atom stereocenters. The Bertz CT molecular complexity index is 1010. The van der Waals surface area contributed by atoms with Gasteiger partial charge < -0.3 is 13.6 Å². The molecule has 0 saturated carbocycles. The van der Waals surface area contributed by atoms with E-state index >= 15 is 0 Å². The molecule has 4 heterocycles. The van der Waals surface area contributed by atoms with Crippen LogP contribution in [0, 0.1) is 0 Å². The minimum Gasteiger partial charge on any atom is -0.467 e. The maximum atomic E-state index is 12.7. The molecule has 0 radical (unpaired) electrons. The Morgan fingerprint density at radius 1 is 1.18 bits per heavy atom. The van der Waals surface area contributed by atoms with Crippen LogP contribution in [0.15, 0.2) is 69.1 Å². The average molecular weight is 400 g/mol. The number of ether oxygens (including phenoxy) is 1. The van der Waals surface area contributed by atoms with Crippen molar-refractivity contribution in [1.82, 2.24) is 9.99 Å². The number of aromatic nitrogens is 1. The first-order valence-corrected chi connectivity index (χ1v) is 8.75. The number of halogens is 1. The molecule has 1 atom stereocenters. The summed E-state index contributed by atoms with van der Waals surface area (Å²) in [6.07, 6.45) is 4.92. The van der Waals surface area contributed by atoms with Crippen molar-refractivity contribution in [2.45, 2.75) is 12.5 Å². The Balaban J connectivity index is 1.50. The summed E-state index contributed by atoms with van der Waals surface area (Å²) < 4.78 is 15.9. The molecule has 0 aromatic carbocycles. The monoisotopic (exact) mass is 399 g/mol. The number of hydrogen-bond donors (Lipinski definition) is 0. The topological polar surface area (TPSA) is 98.1 Å². The lowest BCUT2D eigenvalue weighted by molar-refractivity contribution is -0.136. The summed E-state index contributed by atoms with van der Waals surface area (Å²) in [5, 5.41) is 5.61. The predicted molar refractivity (Wildman–Crippen MR) is 97.7 cm³/mol. The van der Waals surface area contributed by atoms with E-state index in [4.69, 9.17) is 25.2 Å². The lowest BCUT2D eigenvalue weighted by Gasteiger charge is -2.19. The zero-order valence-electron chi connectivity index (χ0n) is 14.4. The molecule has 142 valence electrons. The standard InChI is InChI=1S/C19H14ClN3O5/c20-18-12(4-1-7-21-18)19(25)28-11-17(24)23-14(16-6-3-9-27-16)10-13(22-23)15-5-2-8-26-15/h1-9,14H,10-11H2. The van der Waals surface area contributed by atoms with Crippen LogP contribution in [-0.4, -0.2) is 34.2 Å². The van der Waals surface area contributed by atoms with Crippen LogP contribution < -0.4 is 0 Å². The largest absolute Gasteiger partial charge is 0.467 e. The summed E-state index contributed by atoms with van der Waals surface area (Å²) in [7, 11) is 0. The van der Waals surface area contributed by atoms with Gasteiger partial charge in [0.2, 0.25) is 0 Å². The molecule has 0 bridgehead atoms. The smallest absolute Gasteiger partial charge is 0.341 e. The molecule has 8 nitrogen and oxygen atoms in total. The zero-order chi connectivity index (χ0) is 19.5. The Hall–Kier alpha value is -3.39. The van der Waals surface area contributed by atoms with E-state index < -0.39 is 24.5 Å². The van der Waals surface area contributed by atoms with E-state index in [1.54, 1.807) is 30.3 Å². The molecular formula is C19H14ClN3O5. The lowest BCUT2D eigenvalue weighted by Crippen LogP contribution is -2.31. The van der Waals surface area contributed by atoms with Crippen LogP contribution in [0.1, 0.15) is 34.3 Å². The number of hydrazone groups is 1. The maximum Gasteiger partial charge on any atom is 0.341 e. The second-order valence-electron chi connectivity index (χ2n) is 5.92. The van der Waals surface area contributed by atoms with Crippen molar-refractivity contribution in [2.75, 3.05) is 6.61 Å². The van der Waals surface area contributed by atoms with E-state index in [0.717, 1.165) is 0 Å². The Kier molecular flexibility index (Phi) is 4.94. The summed E-state index contributed by atoms with van der Waals surface area (Å²) in [6, 6.07) is 9.55. The number of pyridine rings is 1. The summed E-state index contributed by atoms with van der Waals surface area (Å²) in [5.41, 5.74) is 0.683. The fourth-order valence-electron chi connectivity index (χ4n) is 2.84. The molecule has 0 fully saturated rings. The highest BCUT2D eigenvalue weighted by Crippen LogP contribution is 2.33. The van der Waals surface area contributed by atoms with Gasteiger partial charge >= 0.3 is 5.97 Å². The number of esters is 1. The number of furan rings is 2. The van der Waals surface area contributed by atoms with Gasteiger partial charge in [-0.2, -0.15) is 5.10 Å². The fourth-order valence-corrected chi connectivity index (χ4v) is 3.04. The molecule has 1 aliphatic heterocycles. The highest BCUT2D eigenvalue weighted by atomic mass is 35.5. The van der Waals surface area contributed by atoms with Gasteiger partial charge in [-0.1, -0.05) is 11.6 Å². The van der Waals surface area contributed by atoms with E-state index in [9.17, 15) is 9.59 Å². The maximum absolute atomic E-state index is 12.7. The van der Waals surface area contributed by atoms with E-state index in [2.05, 4.69) is 10.1 Å². The average Bonchev–Trinajstić information content (AvgIpc) is 3.46. The van der Waals surface area contributed by atoms with Crippen LogP contribution in [0.5, 0.6) is 0 Å².